The molecule has 0 saturated carbocycles. The number of nitrogens with one attached hydrogen (secondary N) is 1. The molecule has 1 aromatic heterocycles. The van der Waals surface area contributed by atoms with Crippen LogP contribution in [-0.4, -0.2) is 18.5 Å². The largest absolute Gasteiger partial charge is 0.450 e. The first-order chi connectivity index (χ1) is 12.5. The fourth-order valence-corrected chi connectivity index (χ4v) is 2.81. The summed E-state index contributed by atoms with van der Waals surface area (Å²) in [5, 5.41) is 4.25. The molecular formula is C20H18ClNO4. The van der Waals surface area contributed by atoms with E-state index in [2.05, 4.69) is 5.32 Å². The molecule has 1 atom stereocenters. The van der Waals surface area contributed by atoms with Crippen LogP contribution in [0.3, 0.4) is 0 Å². The number of carbonyl (C=O) groups is 2. The maximum absolute atomic E-state index is 12.2. The molecule has 0 saturated heterocycles. The number of esters is 1. The molecule has 0 fully saturated rings. The summed E-state index contributed by atoms with van der Waals surface area (Å²) in [6, 6.07) is 14.3. The van der Waals surface area contributed by atoms with E-state index in [1.165, 1.54) is 0 Å². The lowest BCUT2D eigenvalue weighted by Crippen LogP contribution is -2.31. The number of carbonyl (C=O) groups excluding carboxylic acids is 2. The Hall–Kier alpha value is -2.79. The minimum atomic E-state index is -0.659. The molecule has 3 rings (SSSR count). The number of furan rings is 1. The first kappa shape index (κ1) is 18.0. The average molecular weight is 372 g/mol. The fourth-order valence-electron chi connectivity index (χ4n) is 2.68. The molecule has 0 spiro atoms. The van der Waals surface area contributed by atoms with Crippen molar-refractivity contribution in [2.45, 2.75) is 19.9 Å². The van der Waals surface area contributed by atoms with E-state index in [9.17, 15) is 9.59 Å². The predicted octanol–water partition coefficient (Wildman–Crippen LogP) is 4.43. The molecule has 0 bridgehead atoms. The number of benzene rings is 2. The summed E-state index contributed by atoms with van der Waals surface area (Å²) in [5.41, 5.74) is 2.21. The summed E-state index contributed by atoms with van der Waals surface area (Å²) < 4.78 is 10.6. The Morgan fingerprint density at radius 2 is 1.85 bits per heavy atom. The SMILES string of the molecule is Cc1c(C(=O)OCC(=O)N[C@H](C)c2ccc(Cl)cc2)oc2ccccc12. The fraction of sp³-hybridized carbons (Fsp3) is 0.200. The first-order valence-electron chi connectivity index (χ1n) is 8.16. The van der Waals surface area contributed by atoms with Gasteiger partial charge in [-0.25, -0.2) is 4.79 Å². The van der Waals surface area contributed by atoms with Crippen LogP contribution in [-0.2, 0) is 9.53 Å². The third-order valence-corrected chi connectivity index (χ3v) is 4.36. The first-order valence-corrected chi connectivity index (χ1v) is 8.53. The van der Waals surface area contributed by atoms with Gasteiger partial charge in [-0.2, -0.15) is 0 Å². The van der Waals surface area contributed by atoms with Crippen LogP contribution in [0, 0.1) is 6.92 Å². The van der Waals surface area contributed by atoms with Crippen molar-refractivity contribution in [3.05, 3.63) is 70.4 Å². The van der Waals surface area contributed by atoms with Crippen molar-refractivity contribution in [3.63, 3.8) is 0 Å². The molecule has 5 nitrogen and oxygen atoms in total. The zero-order valence-electron chi connectivity index (χ0n) is 14.4. The number of ether oxygens (including phenoxy) is 1. The van der Waals surface area contributed by atoms with Gasteiger partial charge in [0, 0.05) is 16.0 Å². The van der Waals surface area contributed by atoms with E-state index in [0.717, 1.165) is 10.9 Å². The van der Waals surface area contributed by atoms with Crippen molar-refractivity contribution in [3.8, 4) is 0 Å². The van der Waals surface area contributed by atoms with Gasteiger partial charge in [0.05, 0.1) is 6.04 Å². The van der Waals surface area contributed by atoms with Gasteiger partial charge in [-0.05, 0) is 37.6 Å². The van der Waals surface area contributed by atoms with E-state index >= 15 is 0 Å². The minimum absolute atomic E-state index is 0.116. The normalized spacial score (nSPS) is 12.0. The van der Waals surface area contributed by atoms with Gasteiger partial charge < -0.3 is 14.5 Å². The number of rotatable bonds is 5. The van der Waals surface area contributed by atoms with Crippen LogP contribution < -0.4 is 5.32 Å². The summed E-state index contributed by atoms with van der Waals surface area (Å²) in [6.45, 7) is 3.24. The summed E-state index contributed by atoms with van der Waals surface area (Å²) in [4.78, 5) is 24.3. The van der Waals surface area contributed by atoms with Gasteiger partial charge in [-0.15, -0.1) is 0 Å². The van der Waals surface area contributed by atoms with E-state index in [1.807, 2.05) is 37.3 Å². The molecule has 0 radical (unpaired) electrons. The number of amides is 1. The molecule has 6 heteroatoms. The number of halogens is 1. The second-order valence-corrected chi connectivity index (χ2v) is 6.41. The third kappa shape index (κ3) is 3.89. The average Bonchev–Trinajstić information content (AvgIpc) is 2.97. The maximum Gasteiger partial charge on any atom is 0.375 e. The van der Waals surface area contributed by atoms with E-state index < -0.39 is 11.9 Å². The van der Waals surface area contributed by atoms with Gasteiger partial charge in [0.25, 0.3) is 5.91 Å². The summed E-state index contributed by atoms with van der Waals surface area (Å²) in [5.74, 6) is -0.938. The highest BCUT2D eigenvalue weighted by Gasteiger charge is 2.20. The van der Waals surface area contributed by atoms with Crippen LogP contribution in [0.25, 0.3) is 11.0 Å². The Kier molecular flexibility index (Phi) is 5.28. The van der Waals surface area contributed by atoms with Gasteiger partial charge in [0.2, 0.25) is 5.76 Å². The van der Waals surface area contributed by atoms with E-state index in [1.54, 1.807) is 25.1 Å². The van der Waals surface area contributed by atoms with Crippen molar-refractivity contribution < 1.29 is 18.7 Å². The Balaban J connectivity index is 1.59. The molecule has 0 aliphatic heterocycles. The molecule has 26 heavy (non-hydrogen) atoms. The summed E-state index contributed by atoms with van der Waals surface area (Å²) in [6.07, 6.45) is 0. The number of hydrogen-bond donors (Lipinski definition) is 1. The quantitative estimate of drug-likeness (QED) is 0.674. The molecule has 1 amide bonds. The van der Waals surface area contributed by atoms with Crippen molar-refractivity contribution in [2.24, 2.45) is 0 Å². The molecule has 1 heterocycles. The standard InChI is InChI=1S/C20H18ClNO4/c1-12-16-5-3-4-6-17(16)26-19(12)20(24)25-11-18(23)22-13(2)14-7-9-15(21)10-8-14/h3-10,13H,11H2,1-2H3,(H,22,23)/t13-/m1/s1. The highest BCUT2D eigenvalue weighted by molar-refractivity contribution is 6.30. The number of hydrogen-bond acceptors (Lipinski definition) is 4. The summed E-state index contributed by atoms with van der Waals surface area (Å²) in [7, 11) is 0. The van der Waals surface area contributed by atoms with Crippen LogP contribution in [0.4, 0.5) is 0 Å². The molecule has 134 valence electrons. The molecule has 0 aliphatic carbocycles. The minimum Gasteiger partial charge on any atom is -0.450 e. The van der Waals surface area contributed by atoms with Gasteiger partial charge >= 0.3 is 5.97 Å². The van der Waals surface area contributed by atoms with Crippen LogP contribution in [0.1, 0.15) is 34.6 Å². The zero-order chi connectivity index (χ0) is 18.7. The number of fused-ring (bicyclic) bond motifs is 1. The topological polar surface area (TPSA) is 68.5 Å². The van der Waals surface area contributed by atoms with E-state index in [0.29, 0.717) is 16.2 Å². The monoisotopic (exact) mass is 371 g/mol. The van der Waals surface area contributed by atoms with Crippen LogP contribution in [0.2, 0.25) is 5.02 Å². The van der Waals surface area contributed by atoms with Crippen molar-refractivity contribution >= 4 is 34.4 Å². The van der Waals surface area contributed by atoms with E-state index in [4.69, 9.17) is 20.8 Å². The predicted molar refractivity (Wildman–Crippen MR) is 99.2 cm³/mol. The van der Waals surface area contributed by atoms with Gasteiger partial charge in [0.1, 0.15) is 5.58 Å². The lowest BCUT2D eigenvalue weighted by atomic mass is 10.1. The summed E-state index contributed by atoms with van der Waals surface area (Å²) >= 11 is 5.85. The van der Waals surface area contributed by atoms with Crippen molar-refractivity contribution in [1.82, 2.24) is 5.32 Å². The molecule has 0 unspecified atom stereocenters. The highest BCUT2D eigenvalue weighted by atomic mass is 35.5. The second-order valence-electron chi connectivity index (χ2n) is 5.97. The lowest BCUT2D eigenvalue weighted by Gasteiger charge is -2.14. The second kappa shape index (κ2) is 7.62. The van der Waals surface area contributed by atoms with Crippen molar-refractivity contribution in [1.29, 1.82) is 0 Å². The Labute approximate surface area is 155 Å². The Morgan fingerprint density at radius 1 is 1.15 bits per heavy atom. The van der Waals surface area contributed by atoms with Crippen LogP contribution in [0.5, 0.6) is 0 Å². The maximum atomic E-state index is 12.2. The molecule has 2 aromatic carbocycles. The van der Waals surface area contributed by atoms with Gasteiger partial charge in [-0.1, -0.05) is 41.9 Å². The van der Waals surface area contributed by atoms with Gasteiger partial charge in [-0.3, -0.25) is 4.79 Å². The molecular weight excluding hydrogens is 354 g/mol. The van der Waals surface area contributed by atoms with Gasteiger partial charge in [0.15, 0.2) is 6.61 Å². The molecule has 1 N–H and O–H groups in total. The Morgan fingerprint density at radius 3 is 2.54 bits per heavy atom. The van der Waals surface area contributed by atoms with Crippen molar-refractivity contribution in [2.75, 3.05) is 6.61 Å². The molecule has 3 aromatic rings. The Bertz CT molecular complexity index is 946. The lowest BCUT2D eigenvalue weighted by molar-refractivity contribution is -0.124. The van der Waals surface area contributed by atoms with Crippen LogP contribution in [0.15, 0.2) is 52.9 Å². The van der Waals surface area contributed by atoms with E-state index in [-0.39, 0.29) is 18.4 Å². The van der Waals surface area contributed by atoms with Crippen LogP contribution >= 0.6 is 11.6 Å². The smallest absolute Gasteiger partial charge is 0.375 e. The number of para-hydroxylation sites is 1. The highest BCUT2D eigenvalue weighted by Crippen LogP contribution is 2.25. The molecule has 0 aliphatic rings. The number of aryl methyl sites for hydroxylation is 1. The third-order valence-electron chi connectivity index (χ3n) is 4.11. The zero-order valence-corrected chi connectivity index (χ0v) is 15.2.